The molecular weight excluding hydrogens is 446 g/mol. The summed E-state index contributed by atoms with van der Waals surface area (Å²) in [4.78, 5) is 48.1. The Bertz CT molecular complexity index is 1420. The first-order chi connectivity index (χ1) is 15.7. The van der Waals surface area contributed by atoms with Gasteiger partial charge in [-0.15, -0.1) is 0 Å². The lowest BCUT2D eigenvalue weighted by atomic mass is 10.0. The summed E-state index contributed by atoms with van der Waals surface area (Å²) >= 11 is 0. The third kappa shape index (κ3) is 4.18. The second-order valence-electron chi connectivity index (χ2n) is 7.30. The zero-order valence-corrected chi connectivity index (χ0v) is 18.1. The molecule has 1 aliphatic rings. The maximum absolute atomic E-state index is 13.0. The summed E-state index contributed by atoms with van der Waals surface area (Å²) in [5, 5.41) is 2.53. The molecule has 0 atom stereocenters. The molecule has 1 amide bonds. The number of esters is 1. The first-order valence-corrected chi connectivity index (χ1v) is 11.3. The van der Waals surface area contributed by atoms with Gasteiger partial charge < -0.3 is 10.1 Å². The summed E-state index contributed by atoms with van der Waals surface area (Å²) in [5.41, 5.74) is 0.842. The minimum Gasteiger partial charge on any atom is -0.452 e. The van der Waals surface area contributed by atoms with Gasteiger partial charge in [0.15, 0.2) is 18.2 Å². The average molecular weight is 463 g/mol. The summed E-state index contributed by atoms with van der Waals surface area (Å²) in [5.74, 6) is -2.10. The van der Waals surface area contributed by atoms with Crippen molar-refractivity contribution in [1.29, 1.82) is 0 Å². The van der Waals surface area contributed by atoms with E-state index in [1.54, 1.807) is 30.3 Å². The lowest BCUT2D eigenvalue weighted by molar-refractivity contribution is -0.119. The summed E-state index contributed by atoms with van der Waals surface area (Å²) in [6, 6.07) is 15.7. The third-order valence-corrected chi connectivity index (χ3v) is 6.93. The third-order valence-electron chi connectivity index (χ3n) is 5.08. The molecule has 1 N–H and O–H groups in total. The number of carbonyl (C=O) groups excluding carboxylic acids is 4. The van der Waals surface area contributed by atoms with E-state index in [0.29, 0.717) is 11.3 Å². The number of carbonyl (C=O) groups is 4. The van der Waals surface area contributed by atoms with Gasteiger partial charge in [-0.05, 0) is 61.5 Å². The fraction of sp³-hybridized carbons (Fsp3) is 0.0833. The molecule has 1 heterocycles. The topological polar surface area (TPSA) is 124 Å². The summed E-state index contributed by atoms with van der Waals surface area (Å²) < 4.78 is 30.9. The predicted octanol–water partition coefficient (Wildman–Crippen LogP) is 3.06. The van der Waals surface area contributed by atoms with Gasteiger partial charge in [0.05, 0.1) is 15.4 Å². The van der Waals surface area contributed by atoms with Crippen LogP contribution in [0.4, 0.5) is 5.69 Å². The normalized spacial score (nSPS) is 13.4. The van der Waals surface area contributed by atoms with Crippen molar-refractivity contribution >= 4 is 39.0 Å². The molecule has 0 aromatic heterocycles. The van der Waals surface area contributed by atoms with Crippen molar-refractivity contribution in [3.05, 3.63) is 89.0 Å². The van der Waals surface area contributed by atoms with E-state index in [9.17, 15) is 27.6 Å². The molecule has 3 aromatic rings. The van der Waals surface area contributed by atoms with E-state index in [2.05, 4.69) is 5.32 Å². The van der Waals surface area contributed by atoms with Crippen LogP contribution in [0.15, 0.2) is 76.5 Å². The van der Waals surface area contributed by atoms with Gasteiger partial charge in [-0.25, -0.2) is 13.2 Å². The Balaban J connectivity index is 1.48. The average Bonchev–Trinajstić information content (AvgIpc) is 2.81. The van der Waals surface area contributed by atoms with Crippen LogP contribution >= 0.6 is 0 Å². The quantitative estimate of drug-likeness (QED) is 0.356. The van der Waals surface area contributed by atoms with Gasteiger partial charge in [-0.2, -0.15) is 0 Å². The molecule has 0 spiro atoms. The first kappa shape index (κ1) is 22.1. The van der Waals surface area contributed by atoms with Crippen molar-refractivity contribution < 1.29 is 32.3 Å². The van der Waals surface area contributed by atoms with E-state index in [1.807, 2.05) is 0 Å². The molecule has 8 nitrogen and oxygen atoms in total. The number of anilines is 1. The summed E-state index contributed by atoms with van der Waals surface area (Å²) in [6.07, 6.45) is 0. The molecule has 0 fully saturated rings. The van der Waals surface area contributed by atoms with Crippen LogP contribution in [0.3, 0.4) is 0 Å². The summed E-state index contributed by atoms with van der Waals surface area (Å²) in [7, 11) is -4.00. The van der Waals surface area contributed by atoms with Crippen LogP contribution in [0.1, 0.15) is 43.6 Å². The van der Waals surface area contributed by atoms with Gasteiger partial charge in [0.2, 0.25) is 9.84 Å². The standard InChI is InChI=1S/C24H17NO7S/c1-14(26)15-6-9-17(10-7-15)25-22(27)13-32-24(29)16-8-11-19-21(12-16)33(30,31)20-5-3-2-4-18(20)23(19)28/h2-12H,13H2,1H3,(H,25,27). The van der Waals surface area contributed by atoms with Gasteiger partial charge >= 0.3 is 5.97 Å². The highest BCUT2D eigenvalue weighted by Crippen LogP contribution is 2.34. The molecule has 0 saturated heterocycles. The van der Waals surface area contributed by atoms with Crippen molar-refractivity contribution in [3.8, 4) is 0 Å². The highest BCUT2D eigenvalue weighted by atomic mass is 32.2. The lowest BCUT2D eigenvalue weighted by Gasteiger charge is -2.19. The second-order valence-corrected chi connectivity index (χ2v) is 9.18. The molecule has 166 valence electrons. The van der Waals surface area contributed by atoms with Crippen LogP contribution < -0.4 is 5.32 Å². The fourth-order valence-corrected chi connectivity index (χ4v) is 5.09. The van der Waals surface area contributed by atoms with Crippen LogP contribution in [0, 0.1) is 0 Å². The number of ether oxygens (including phenoxy) is 1. The molecule has 0 radical (unpaired) electrons. The lowest BCUT2D eigenvalue weighted by Crippen LogP contribution is -2.22. The smallest absolute Gasteiger partial charge is 0.338 e. The number of hydrogen-bond acceptors (Lipinski definition) is 7. The molecule has 33 heavy (non-hydrogen) atoms. The van der Waals surface area contributed by atoms with Crippen LogP contribution in [-0.4, -0.2) is 38.5 Å². The van der Waals surface area contributed by atoms with Gasteiger partial charge in [0.25, 0.3) is 5.91 Å². The van der Waals surface area contributed by atoms with E-state index in [-0.39, 0.29) is 32.3 Å². The van der Waals surface area contributed by atoms with Gasteiger partial charge in [-0.1, -0.05) is 12.1 Å². The Morgan fingerprint density at radius 1 is 0.848 bits per heavy atom. The Labute approximate surface area is 189 Å². The minimum absolute atomic E-state index is 0.0306. The monoisotopic (exact) mass is 463 g/mol. The van der Waals surface area contributed by atoms with Crippen LogP contribution in [0.2, 0.25) is 0 Å². The molecule has 0 saturated carbocycles. The molecule has 0 unspecified atom stereocenters. The van der Waals surface area contributed by atoms with Crippen LogP contribution in [0.25, 0.3) is 0 Å². The number of ketones is 2. The van der Waals surface area contributed by atoms with Gasteiger partial charge in [0.1, 0.15) is 0 Å². The molecule has 0 bridgehead atoms. The Morgan fingerprint density at radius 2 is 1.48 bits per heavy atom. The van der Waals surface area contributed by atoms with Crippen molar-refractivity contribution in [3.63, 3.8) is 0 Å². The molecule has 1 aliphatic heterocycles. The highest BCUT2D eigenvalue weighted by Gasteiger charge is 2.35. The van der Waals surface area contributed by atoms with Crippen LogP contribution in [0.5, 0.6) is 0 Å². The van der Waals surface area contributed by atoms with E-state index >= 15 is 0 Å². The predicted molar refractivity (Wildman–Crippen MR) is 117 cm³/mol. The number of benzene rings is 3. The number of sulfone groups is 1. The van der Waals surface area contributed by atoms with E-state index in [1.165, 1.54) is 37.3 Å². The van der Waals surface area contributed by atoms with Crippen molar-refractivity contribution in [2.75, 3.05) is 11.9 Å². The molecule has 9 heteroatoms. The SMILES string of the molecule is CC(=O)c1ccc(NC(=O)COC(=O)c2ccc3c(c2)S(=O)(=O)c2ccccc2C3=O)cc1. The Kier molecular flexibility index (Phi) is 5.65. The van der Waals surface area contributed by atoms with E-state index in [0.717, 1.165) is 6.07 Å². The number of nitrogens with one attached hydrogen (secondary N) is 1. The van der Waals surface area contributed by atoms with E-state index in [4.69, 9.17) is 4.74 Å². The van der Waals surface area contributed by atoms with E-state index < -0.39 is 34.1 Å². The maximum atomic E-state index is 13.0. The van der Waals surface area contributed by atoms with Crippen LogP contribution in [-0.2, 0) is 19.4 Å². The fourth-order valence-electron chi connectivity index (χ4n) is 3.41. The highest BCUT2D eigenvalue weighted by molar-refractivity contribution is 7.91. The Morgan fingerprint density at radius 3 is 2.18 bits per heavy atom. The molecular formula is C24H17NO7S. The zero-order chi connectivity index (χ0) is 23.8. The largest absolute Gasteiger partial charge is 0.452 e. The number of Topliss-reactive ketones (excluding diaryl/α,β-unsaturated/α-hetero) is 1. The Hall–Kier alpha value is -4.11. The molecule has 0 aliphatic carbocycles. The number of amides is 1. The van der Waals surface area contributed by atoms with Crippen molar-refractivity contribution in [1.82, 2.24) is 0 Å². The van der Waals surface area contributed by atoms with Gasteiger partial charge in [-0.3, -0.25) is 14.4 Å². The maximum Gasteiger partial charge on any atom is 0.338 e. The minimum atomic E-state index is -4.00. The van der Waals surface area contributed by atoms with Crippen molar-refractivity contribution in [2.45, 2.75) is 16.7 Å². The first-order valence-electron chi connectivity index (χ1n) is 9.79. The molecule has 4 rings (SSSR count). The zero-order valence-electron chi connectivity index (χ0n) is 17.3. The van der Waals surface area contributed by atoms with Gasteiger partial charge in [0, 0.05) is 22.4 Å². The number of hydrogen-bond donors (Lipinski definition) is 1. The summed E-state index contributed by atoms with van der Waals surface area (Å²) in [6.45, 7) is 0.812. The second kappa shape index (κ2) is 8.44. The van der Waals surface area contributed by atoms with Crippen molar-refractivity contribution in [2.24, 2.45) is 0 Å². The number of fused-ring (bicyclic) bond motifs is 2. The molecule has 3 aromatic carbocycles. The number of rotatable bonds is 5.